The molecule has 0 aliphatic carbocycles. The van der Waals surface area contributed by atoms with Crippen LogP contribution in [0, 0.1) is 13.8 Å². The number of carbonyl (C=O) groups is 2. The summed E-state index contributed by atoms with van der Waals surface area (Å²) in [6.45, 7) is 6.96. The summed E-state index contributed by atoms with van der Waals surface area (Å²) in [5.41, 5.74) is 2.34. The molecule has 7 nitrogen and oxygen atoms in total. The molecule has 1 heterocycles. The van der Waals surface area contributed by atoms with Crippen LogP contribution in [0.3, 0.4) is 0 Å². The smallest absolute Gasteiger partial charge is 0.341 e. The first-order valence-electron chi connectivity index (χ1n) is 7.52. The van der Waals surface area contributed by atoms with Crippen LogP contribution < -0.4 is 10.1 Å². The molecule has 0 saturated carbocycles. The minimum Gasteiger partial charge on any atom is -0.482 e. The number of nitrogens with one attached hydrogen (secondary N) is 1. The molecule has 2 N–H and O–H groups in total. The van der Waals surface area contributed by atoms with Crippen molar-refractivity contribution in [3.8, 4) is 5.75 Å². The summed E-state index contributed by atoms with van der Waals surface area (Å²) >= 11 is 0. The number of rotatable bonds is 6. The van der Waals surface area contributed by atoms with Crippen molar-refractivity contribution in [1.29, 1.82) is 0 Å². The third kappa shape index (κ3) is 3.92. The van der Waals surface area contributed by atoms with Gasteiger partial charge in [-0.05, 0) is 37.6 Å². The van der Waals surface area contributed by atoms with Gasteiger partial charge in [0.15, 0.2) is 12.4 Å². The van der Waals surface area contributed by atoms with E-state index < -0.39 is 12.6 Å². The molecule has 0 bridgehead atoms. The number of aryl methyl sites for hydroxylation is 2. The van der Waals surface area contributed by atoms with Gasteiger partial charge in [0.05, 0.1) is 5.69 Å². The second-order valence-electron chi connectivity index (χ2n) is 5.78. The predicted octanol–water partition coefficient (Wildman–Crippen LogP) is 3.13. The zero-order chi connectivity index (χ0) is 17.9. The molecular formula is C17H20N2O5. The first-order chi connectivity index (χ1) is 11.3. The van der Waals surface area contributed by atoms with Crippen molar-refractivity contribution >= 4 is 17.6 Å². The summed E-state index contributed by atoms with van der Waals surface area (Å²) in [5.74, 6) is -0.324. The van der Waals surface area contributed by atoms with Crippen LogP contribution in [0.25, 0.3) is 0 Å². The first-order valence-corrected chi connectivity index (χ1v) is 7.52. The summed E-state index contributed by atoms with van der Waals surface area (Å²) in [5, 5.41) is 15.3. The molecule has 0 radical (unpaired) electrons. The van der Waals surface area contributed by atoms with Gasteiger partial charge in [0.2, 0.25) is 0 Å². The van der Waals surface area contributed by atoms with Crippen LogP contribution in [-0.2, 0) is 4.79 Å². The van der Waals surface area contributed by atoms with Crippen molar-refractivity contribution in [3.05, 3.63) is 40.8 Å². The highest BCUT2D eigenvalue weighted by molar-refractivity contribution is 6.06. The van der Waals surface area contributed by atoms with Gasteiger partial charge in [-0.2, -0.15) is 0 Å². The van der Waals surface area contributed by atoms with E-state index in [2.05, 4.69) is 10.5 Å². The number of carboxylic acids is 1. The number of nitrogens with zero attached hydrogens (tertiary/aromatic N) is 1. The number of hydrogen-bond donors (Lipinski definition) is 2. The van der Waals surface area contributed by atoms with E-state index in [9.17, 15) is 9.59 Å². The third-order valence-electron chi connectivity index (χ3n) is 3.45. The van der Waals surface area contributed by atoms with Gasteiger partial charge in [-0.1, -0.05) is 19.0 Å². The minimum atomic E-state index is -1.05. The standard InChI is InChI=1S/C17H20N2O5/c1-9(2)16-15(11(4)19-24-16)17(22)18-13-6-5-12(7-10(13)3)23-8-14(20)21/h5-7,9H,8H2,1-4H3,(H,18,22)(H,20,21). The highest BCUT2D eigenvalue weighted by Crippen LogP contribution is 2.25. The van der Waals surface area contributed by atoms with E-state index >= 15 is 0 Å². The third-order valence-corrected chi connectivity index (χ3v) is 3.45. The van der Waals surface area contributed by atoms with E-state index in [-0.39, 0.29) is 11.8 Å². The lowest BCUT2D eigenvalue weighted by Gasteiger charge is -2.11. The lowest BCUT2D eigenvalue weighted by atomic mass is 10.0. The molecular weight excluding hydrogens is 312 g/mol. The zero-order valence-corrected chi connectivity index (χ0v) is 14.0. The quantitative estimate of drug-likeness (QED) is 0.842. The van der Waals surface area contributed by atoms with E-state index in [0.29, 0.717) is 28.5 Å². The molecule has 1 aromatic heterocycles. The van der Waals surface area contributed by atoms with E-state index in [4.69, 9.17) is 14.4 Å². The summed E-state index contributed by atoms with van der Waals surface area (Å²) < 4.78 is 10.3. The Morgan fingerprint density at radius 2 is 2.04 bits per heavy atom. The van der Waals surface area contributed by atoms with Gasteiger partial charge in [0.25, 0.3) is 5.91 Å². The van der Waals surface area contributed by atoms with Crippen molar-refractivity contribution in [1.82, 2.24) is 5.16 Å². The van der Waals surface area contributed by atoms with Crippen LogP contribution in [-0.4, -0.2) is 28.7 Å². The number of aromatic nitrogens is 1. The SMILES string of the molecule is Cc1cc(OCC(=O)O)ccc1NC(=O)c1c(C)noc1C(C)C. The maximum absolute atomic E-state index is 12.6. The van der Waals surface area contributed by atoms with E-state index in [1.54, 1.807) is 32.0 Å². The van der Waals surface area contributed by atoms with Crippen molar-refractivity contribution in [3.63, 3.8) is 0 Å². The molecule has 0 aliphatic heterocycles. The topological polar surface area (TPSA) is 102 Å². The summed E-state index contributed by atoms with van der Waals surface area (Å²) in [6.07, 6.45) is 0. The van der Waals surface area contributed by atoms with Gasteiger partial charge in [-0.25, -0.2) is 4.79 Å². The average molecular weight is 332 g/mol. The Balaban J connectivity index is 2.18. The van der Waals surface area contributed by atoms with Gasteiger partial charge in [-0.15, -0.1) is 0 Å². The number of amides is 1. The number of aliphatic carboxylic acids is 1. The van der Waals surface area contributed by atoms with E-state index in [0.717, 1.165) is 5.56 Å². The normalized spacial score (nSPS) is 10.7. The van der Waals surface area contributed by atoms with E-state index in [1.165, 1.54) is 0 Å². The van der Waals surface area contributed by atoms with Crippen LogP contribution in [0.5, 0.6) is 5.75 Å². The Bertz CT molecular complexity index is 764. The molecule has 0 spiro atoms. The van der Waals surface area contributed by atoms with Crippen molar-refractivity contribution < 1.29 is 24.0 Å². The molecule has 0 aliphatic rings. The van der Waals surface area contributed by atoms with E-state index in [1.807, 2.05) is 13.8 Å². The molecule has 7 heteroatoms. The number of benzene rings is 1. The Morgan fingerprint density at radius 1 is 1.33 bits per heavy atom. The Hall–Kier alpha value is -2.83. The summed E-state index contributed by atoms with van der Waals surface area (Å²) in [7, 11) is 0. The van der Waals surface area contributed by atoms with Crippen LogP contribution in [0.15, 0.2) is 22.7 Å². The van der Waals surface area contributed by atoms with Crippen LogP contribution in [0.2, 0.25) is 0 Å². The maximum Gasteiger partial charge on any atom is 0.341 e. The molecule has 0 unspecified atom stereocenters. The molecule has 1 aromatic carbocycles. The fourth-order valence-corrected chi connectivity index (χ4v) is 2.25. The second kappa shape index (κ2) is 7.16. The Kier molecular flexibility index (Phi) is 5.23. The Labute approximate surface area is 139 Å². The first kappa shape index (κ1) is 17.5. The van der Waals surface area contributed by atoms with Crippen LogP contribution in [0.1, 0.15) is 47.1 Å². The summed E-state index contributed by atoms with van der Waals surface area (Å²) in [4.78, 5) is 23.1. The largest absolute Gasteiger partial charge is 0.482 e. The van der Waals surface area contributed by atoms with Crippen molar-refractivity contribution in [2.45, 2.75) is 33.6 Å². The number of ether oxygens (including phenoxy) is 1. The van der Waals surface area contributed by atoms with Crippen molar-refractivity contribution in [2.24, 2.45) is 0 Å². The van der Waals surface area contributed by atoms with Crippen molar-refractivity contribution in [2.75, 3.05) is 11.9 Å². The average Bonchev–Trinajstić information content (AvgIpc) is 2.89. The number of anilines is 1. The molecule has 2 aromatic rings. The minimum absolute atomic E-state index is 0.0415. The molecule has 1 amide bonds. The molecule has 128 valence electrons. The highest BCUT2D eigenvalue weighted by atomic mass is 16.5. The monoisotopic (exact) mass is 332 g/mol. The number of hydrogen-bond acceptors (Lipinski definition) is 5. The molecule has 0 saturated heterocycles. The predicted molar refractivity (Wildman–Crippen MR) is 87.6 cm³/mol. The lowest BCUT2D eigenvalue weighted by molar-refractivity contribution is -0.139. The molecule has 0 fully saturated rings. The molecule has 0 atom stereocenters. The van der Waals surface area contributed by atoms with Gasteiger partial charge in [0.1, 0.15) is 11.3 Å². The maximum atomic E-state index is 12.6. The van der Waals surface area contributed by atoms with Gasteiger partial charge < -0.3 is 19.7 Å². The second-order valence-corrected chi connectivity index (χ2v) is 5.78. The zero-order valence-electron chi connectivity index (χ0n) is 14.0. The fourth-order valence-electron chi connectivity index (χ4n) is 2.25. The van der Waals surface area contributed by atoms with Gasteiger partial charge in [-0.3, -0.25) is 4.79 Å². The fraction of sp³-hybridized carbons (Fsp3) is 0.353. The number of carboxylic acid groups (broad SMARTS) is 1. The van der Waals surface area contributed by atoms with Gasteiger partial charge in [0, 0.05) is 11.6 Å². The molecule has 2 rings (SSSR count). The lowest BCUT2D eigenvalue weighted by Crippen LogP contribution is -2.15. The van der Waals surface area contributed by atoms with Crippen LogP contribution >= 0.6 is 0 Å². The Morgan fingerprint density at radius 3 is 2.62 bits per heavy atom. The highest BCUT2D eigenvalue weighted by Gasteiger charge is 2.23. The van der Waals surface area contributed by atoms with Crippen LogP contribution in [0.4, 0.5) is 5.69 Å². The van der Waals surface area contributed by atoms with Gasteiger partial charge >= 0.3 is 5.97 Å². The molecule has 24 heavy (non-hydrogen) atoms. The summed E-state index contributed by atoms with van der Waals surface area (Å²) in [6, 6.07) is 4.94. The number of carbonyl (C=O) groups excluding carboxylic acids is 1.